The van der Waals surface area contributed by atoms with Crippen LogP contribution in [0.5, 0.6) is 11.5 Å². The molecule has 1 aliphatic heterocycles. The van der Waals surface area contributed by atoms with E-state index in [1.165, 1.54) is 0 Å². The van der Waals surface area contributed by atoms with Crippen molar-refractivity contribution in [1.29, 1.82) is 0 Å². The second kappa shape index (κ2) is 3.87. The van der Waals surface area contributed by atoms with Gasteiger partial charge in [0.05, 0.1) is 28.4 Å². The smallest absolute Gasteiger partial charge is 0.177 e. The molecule has 2 rings (SSSR count). The first-order valence-electron chi connectivity index (χ1n) is 4.23. The largest absolute Gasteiger partial charge is 0.489 e. The zero-order valence-corrected chi connectivity index (χ0v) is 9.69. The van der Waals surface area contributed by atoms with Gasteiger partial charge in [-0.15, -0.1) is 0 Å². The predicted molar refractivity (Wildman–Crippen MR) is 59.2 cm³/mol. The number of hydrogen-bond acceptors (Lipinski definition) is 3. The average molecular weight is 279 g/mol. The lowest BCUT2D eigenvalue weighted by atomic mass is 10.3. The Labute approximate surface area is 95.3 Å². The second-order valence-electron chi connectivity index (χ2n) is 2.96. The highest BCUT2D eigenvalue weighted by molar-refractivity contribution is 9.10. The SMILES string of the molecule is Nc1c(Cl)cc2c(c1Br)OCCCO2. The van der Waals surface area contributed by atoms with Crippen LogP contribution in [0, 0.1) is 0 Å². The molecule has 0 bridgehead atoms. The van der Waals surface area contributed by atoms with Crippen molar-refractivity contribution < 1.29 is 9.47 Å². The maximum absolute atomic E-state index is 5.91. The van der Waals surface area contributed by atoms with E-state index in [0.29, 0.717) is 39.9 Å². The van der Waals surface area contributed by atoms with Gasteiger partial charge in [-0.1, -0.05) is 11.6 Å². The van der Waals surface area contributed by atoms with Gasteiger partial charge in [0.2, 0.25) is 0 Å². The summed E-state index contributed by atoms with van der Waals surface area (Å²) in [6.45, 7) is 1.27. The van der Waals surface area contributed by atoms with E-state index in [1.807, 2.05) is 0 Å². The third-order valence-corrected chi connectivity index (χ3v) is 3.07. The quantitative estimate of drug-likeness (QED) is 0.742. The van der Waals surface area contributed by atoms with E-state index in [9.17, 15) is 0 Å². The first-order valence-corrected chi connectivity index (χ1v) is 5.40. The van der Waals surface area contributed by atoms with Crippen LogP contribution < -0.4 is 15.2 Å². The molecule has 3 nitrogen and oxygen atoms in total. The zero-order chi connectivity index (χ0) is 10.1. The molecule has 1 aliphatic rings. The number of fused-ring (bicyclic) bond motifs is 1. The fourth-order valence-corrected chi connectivity index (χ4v) is 2.08. The minimum Gasteiger partial charge on any atom is -0.489 e. The molecule has 0 atom stereocenters. The van der Waals surface area contributed by atoms with E-state index < -0.39 is 0 Å². The Hall–Kier alpha value is -0.610. The fraction of sp³-hybridized carbons (Fsp3) is 0.333. The van der Waals surface area contributed by atoms with Crippen LogP contribution in [0.15, 0.2) is 10.5 Å². The molecule has 0 aliphatic carbocycles. The van der Waals surface area contributed by atoms with Crippen molar-refractivity contribution in [1.82, 2.24) is 0 Å². The molecular weight excluding hydrogens is 269 g/mol. The average Bonchev–Trinajstić information content (AvgIpc) is 2.39. The molecule has 0 saturated carbocycles. The molecule has 0 spiro atoms. The van der Waals surface area contributed by atoms with Crippen molar-refractivity contribution >= 4 is 33.2 Å². The minimum atomic E-state index is 0.473. The van der Waals surface area contributed by atoms with Crippen molar-refractivity contribution in [3.05, 3.63) is 15.6 Å². The summed E-state index contributed by atoms with van der Waals surface area (Å²) in [5.41, 5.74) is 6.22. The molecule has 0 unspecified atom stereocenters. The molecule has 0 saturated heterocycles. The van der Waals surface area contributed by atoms with Crippen LogP contribution in [0.2, 0.25) is 5.02 Å². The molecule has 0 aromatic heterocycles. The number of nitrogens with two attached hydrogens (primary N) is 1. The van der Waals surface area contributed by atoms with Crippen molar-refractivity contribution in [2.75, 3.05) is 18.9 Å². The van der Waals surface area contributed by atoms with Crippen LogP contribution >= 0.6 is 27.5 Å². The first kappa shape index (κ1) is 9.93. The van der Waals surface area contributed by atoms with E-state index in [0.717, 1.165) is 6.42 Å². The summed E-state index contributed by atoms with van der Waals surface area (Å²) in [5.74, 6) is 1.29. The van der Waals surface area contributed by atoms with Gasteiger partial charge >= 0.3 is 0 Å². The zero-order valence-electron chi connectivity index (χ0n) is 7.35. The summed E-state index contributed by atoms with van der Waals surface area (Å²) in [6.07, 6.45) is 0.860. The highest BCUT2D eigenvalue weighted by Crippen LogP contribution is 2.44. The number of anilines is 1. The predicted octanol–water partition coefficient (Wildman–Crippen LogP) is 2.85. The third-order valence-electron chi connectivity index (χ3n) is 1.97. The van der Waals surface area contributed by atoms with Gasteiger partial charge in [-0.25, -0.2) is 0 Å². The third kappa shape index (κ3) is 1.64. The van der Waals surface area contributed by atoms with E-state index in [4.69, 9.17) is 26.8 Å². The lowest BCUT2D eigenvalue weighted by molar-refractivity contribution is 0.296. The standard InChI is InChI=1S/C9H9BrClNO2/c10-7-8(12)5(11)4-6-9(7)14-3-1-2-13-6/h4H,1-3,12H2. The molecular formula is C9H9BrClNO2. The molecule has 14 heavy (non-hydrogen) atoms. The summed E-state index contributed by atoms with van der Waals surface area (Å²) in [5, 5.41) is 0.473. The van der Waals surface area contributed by atoms with Crippen molar-refractivity contribution in [3.8, 4) is 11.5 Å². The van der Waals surface area contributed by atoms with E-state index in [2.05, 4.69) is 15.9 Å². The Balaban J connectivity index is 2.55. The molecule has 1 aromatic carbocycles. The monoisotopic (exact) mass is 277 g/mol. The van der Waals surface area contributed by atoms with Gasteiger partial charge in [0.15, 0.2) is 11.5 Å². The van der Waals surface area contributed by atoms with Gasteiger partial charge in [-0.05, 0) is 15.9 Å². The summed E-state index contributed by atoms with van der Waals surface area (Å²) in [6, 6.07) is 1.68. The van der Waals surface area contributed by atoms with Gasteiger partial charge in [0, 0.05) is 12.5 Å². The first-order chi connectivity index (χ1) is 6.70. The van der Waals surface area contributed by atoms with Gasteiger partial charge in [-0.2, -0.15) is 0 Å². The summed E-state index contributed by atoms with van der Waals surface area (Å²) in [7, 11) is 0. The van der Waals surface area contributed by atoms with Crippen LogP contribution in [0.25, 0.3) is 0 Å². The fourth-order valence-electron chi connectivity index (χ4n) is 1.25. The molecule has 1 aromatic rings. The Morgan fingerprint density at radius 3 is 2.86 bits per heavy atom. The molecule has 76 valence electrons. The van der Waals surface area contributed by atoms with E-state index >= 15 is 0 Å². The molecule has 0 amide bonds. The van der Waals surface area contributed by atoms with Gasteiger partial charge < -0.3 is 15.2 Å². The van der Waals surface area contributed by atoms with Crippen LogP contribution in [0.4, 0.5) is 5.69 Å². The number of benzene rings is 1. The van der Waals surface area contributed by atoms with Crippen LogP contribution in [0.1, 0.15) is 6.42 Å². The molecule has 5 heteroatoms. The van der Waals surface area contributed by atoms with Crippen molar-refractivity contribution in [3.63, 3.8) is 0 Å². The van der Waals surface area contributed by atoms with E-state index in [1.54, 1.807) is 6.07 Å². The summed E-state index contributed by atoms with van der Waals surface area (Å²) in [4.78, 5) is 0. The molecule has 0 radical (unpaired) electrons. The lowest BCUT2D eigenvalue weighted by Gasteiger charge is -2.11. The summed E-state index contributed by atoms with van der Waals surface area (Å²) >= 11 is 9.25. The Bertz CT molecular complexity index is 370. The molecule has 1 heterocycles. The number of ether oxygens (including phenoxy) is 2. The van der Waals surface area contributed by atoms with Crippen molar-refractivity contribution in [2.45, 2.75) is 6.42 Å². The maximum Gasteiger partial charge on any atom is 0.177 e. The van der Waals surface area contributed by atoms with Crippen LogP contribution in [-0.2, 0) is 0 Å². The number of rotatable bonds is 0. The molecule has 2 N–H and O–H groups in total. The minimum absolute atomic E-state index is 0.473. The maximum atomic E-state index is 5.91. The van der Waals surface area contributed by atoms with E-state index in [-0.39, 0.29) is 0 Å². The highest BCUT2D eigenvalue weighted by Gasteiger charge is 2.18. The summed E-state index contributed by atoms with van der Waals surface area (Å²) < 4.78 is 11.6. The van der Waals surface area contributed by atoms with Gasteiger partial charge in [0.25, 0.3) is 0 Å². The molecule has 0 fully saturated rings. The van der Waals surface area contributed by atoms with Gasteiger partial charge in [-0.3, -0.25) is 0 Å². The van der Waals surface area contributed by atoms with Crippen LogP contribution in [0.3, 0.4) is 0 Å². The Morgan fingerprint density at radius 2 is 2.07 bits per heavy atom. The Morgan fingerprint density at radius 1 is 1.36 bits per heavy atom. The lowest BCUT2D eigenvalue weighted by Crippen LogP contribution is -1.98. The second-order valence-corrected chi connectivity index (χ2v) is 4.16. The van der Waals surface area contributed by atoms with Crippen molar-refractivity contribution in [2.24, 2.45) is 0 Å². The number of halogens is 2. The van der Waals surface area contributed by atoms with Crippen LogP contribution in [-0.4, -0.2) is 13.2 Å². The number of hydrogen-bond donors (Lipinski definition) is 1. The highest BCUT2D eigenvalue weighted by atomic mass is 79.9. The van der Waals surface area contributed by atoms with Gasteiger partial charge in [0.1, 0.15) is 0 Å². The Kier molecular flexibility index (Phi) is 2.74. The normalized spacial score (nSPS) is 15.0. The topological polar surface area (TPSA) is 44.5 Å². The number of nitrogen functional groups attached to an aromatic ring is 1.